The van der Waals surface area contributed by atoms with Crippen LogP contribution in [0.5, 0.6) is 5.75 Å². The van der Waals surface area contributed by atoms with Crippen molar-refractivity contribution >= 4 is 5.69 Å². The summed E-state index contributed by atoms with van der Waals surface area (Å²) in [6.07, 6.45) is -2.92. The second kappa shape index (κ2) is 6.39. The van der Waals surface area contributed by atoms with Gasteiger partial charge in [-0.2, -0.15) is 13.2 Å². The zero-order chi connectivity index (χ0) is 15.5. The van der Waals surface area contributed by atoms with E-state index in [1.807, 2.05) is 17.9 Å². The molecule has 0 spiro atoms. The predicted octanol–water partition coefficient (Wildman–Crippen LogP) is 3.36. The van der Waals surface area contributed by atoms with E-state index in [4.69, 9.17) is 10.5 Å². The zero-order valence-electron chi connectivity index (χ0n) is 11.9. The molecule has 21 heavy (non-hydrogen) atoms. The van der Waals surface area contributed by atoms with Crippen molar-refractivity contribution in [2.45, 2.75) is 26.1 Å². The second-order valence-electron chi connectivity index (χ2n) is 5.01. The first-order valence-electron chi connectivity index (χ1n) is 6.90. The molecule has 6 heteroatoms. The van der Waals surface area contributed by atoms with Crippen molar-refractivity contribution in [2.24, 2.45) is 0 Å². The molecule has 0 amide bonds. The van der Waals surface area contributed by atoms with E-state index in [0.29, 0.717) is 25.4 Å². The molecule has 0 unspecified atom stereocenters. The second-order valence-corrected chi connectivity index (χ2v) is 5.01. The fourth-order valence-corrected chi connectivity index (χ4v) is 2.37. The van der Waals surface area contributed by atoms with Gasteiger partial charge in [0.2, 0.25) is 0 Å². The highest BCUT2D eigenvalue weighted by Crippen LogP contribution is 2.31. The van der Waals surface area contributed by atoms with Gasteiger partial charge in [0.15, 0.2) is 0 Å². The number of anilines is 1. The van der Waals surface area contributed by atoms with Crippen LogP contribution >= 0.6 is 0 Å². The van der Waals surface area contributed by atoms with Gasteiger partial charge in [-0.05, 0) is 31.5 Å². The van der Waals surface area contributed by atoms with Gasteiger partial charge in [0.1, 0.15) is 5.75 Å². The molecule has 0 saturated heterocycles. The van der Waals surface area contributed by atoms with E-state index < -0.39 is 11.7 Å². The van der Waals surface area contributed by atoms with Crippen LogP contribution in [0.1, 0.15) is 18.9 Å². The number of hydrogen-bond acceptors (Lipinski definition) is 3. The molecule has 1 aliphatic heterocycles. The van der Waals surface area contributed by atoms with E-state index >= 15 is 0 Å². The molecule has 1 aromatic carbocycles. The molecule has 0 aromatic heterocycles. The van der Waals surface area contributed by atoms with Crippen molar-refractivity contribution in [3.63, 3.8) is 0 Å². The van der Waals surface area contributed by atoms with Gasteiger partial charge in [0.05, 0.1) is 6.61 Å². The molecule has 1 aromatic rings. The van der Waals surface area contributed by atoms with Crippen LogP contribution in [0.4, 0.5) is 18.9 Å². The number of rotatable bonds is 4. The van der Waals surface area contributed by atoms with Crippen molar-refractivity contribution < 1.29 is 17.9 Å². The molecule has 2 N–H and O–H groups in total. The molecule has 0 bridgehead atoms. The van der Waals surface area contributed by atoms with Crippen LogP contribution in [-0.4, -0.2) is 30.8 Å². The average Bonchev–Trinajstić information content (AvgIpc) is 2.42. The Morgan fingerprint density at radius 2 is 2.10 bits per heavy atom. The lowest BCUT2D eigenvalue weighted by Crippen LogP contribution is -2.31. The highest BCUT2D eigenvalue weighted by molar-refractivity contribution is 5.48. The third kappa shape index (κ3) is 4.14. The summed E-state index contributed by atoms with van der Waals surface area (Å²) >= 11 is 0. The summed E-state index contributed by atoms with van der Waals surface area (Å²) in [6.45, 7) is 3.62. The van der Waals surface area contributed by atoms with Crippen LogP contribution in [0.25, 0.3) is 0 Å². The fraction of sp³-hybridized carbons (Fsp3) is 0.467. The minimum atomic E-state index is -4.21. The van der Waals surface area contributed by atoms with E-state index in [-0.39, 0.29) is 13.0 Å². The van der Waals surface area contributed by atoms with E-state index in [2.05, 4.69) is 0 Å². The molecule has 3 nitrogen and oxygen atoms in total. The molecule has 1 heterocycles. The summed E-state index contributed by atoms with van der Waals surface area (Å²) in [7, 11) is 0. The number of alkyl halides is 3. The van der Waals surface area contributed by atoms with Gasteiger partial charge >= 0.3 is 6.18 Å². The normalized spacial score (nSPS) is 16.7. The van der Waals surface area contributed by atoms with Crippen molar-refractivity contribution in [2.75, 3.05) is 25.4 Å². The van der Waals surface area contributed by atoms with Gasteiger partial charge in [-0.15, -0.1) is 0 Å². The topological polar surface area (TPSA) is 38.5 Å². The smallest absolute Gasteiger partial charge is 0.412 e. The molecule has 0 radical (unpaired) electrons. The first kappa shape index (κ1) is 15.7. The van der Waals surface area contributed by atoms with Crippen LogP contribution in [0.2, 0.25) is 0 Å². The van der Waals surface area contributed by atoms with Gasteiger partial charge in [-0.25, -0.2) is 0 Å². The Balaban J connectivity index is 2.07. The number of benzene rings is 1. The third-order valence-corrected chi connectivity index (χ3v) is 3.44. The summed E-state index contributed by atoms with van der Waals surface area (Å²) in [5.74, 6) is 0.734. The van der Waals surface area contributed by atoms with Gasteiger partial charge in [-0.3, -0.25) is 4.90 Å². The fourth-order valence-electron chi connectivity index (χ4n) is 2.37. The predicted molar refractivity (Wildman–Crippen MR) is 76.1 cm³/mol. The first-order valence-corrected chi connectivity index (χ1v) is 6.90. The average molecular weight is 300 g/mol. The summed E-state index contributed by atoms with van der Waals surface area (Å²) in [6, 6.07) is 5.37. The largest absolute Gasteiger partial charge is 0.494 e. The van der Waals surface area contributed by atoms with Crippen LogP contribution in [0.15, 0.2) is 29.8 Å². The lowest BCUT2D eigenvalue weighted by molar-refractivity contribution is -0.0960. The van der Waals surface area contributed by atoms with E-state index in [1.165, 1.54) is 6.08 Å². The third-order valence-electron chi connectivity index (χ3n) is 3.44. The number of nitrogens with zero attached hydrogens (tertiary/aromatic N) is 1. The molecule has 2 rings (SSSR count). The minimum Gasteiger partial charge on any atom is -0.494 e. The van der Waals surface area contributed by atoms with E-state index in [1.54, 1.807) is 12.1 Å². The maximum atomic E-state index is 12.6. The SMILES string of the molecule is CCOc1ccc(N)cc1CN1CC=C(C(F)(F)F)CC1. The van der Waals surface area contributed by atoms with Gasteiger partial charge in [0.25, 0.3) is 0 Å². The summed E-state index contributed by atoms with van der Waals surface area (Å²) in [5.41, 5.74) is 6.86. The number of ether oxygens (including phenoxy) is 1. The maximum absolute atomic E-state index is 12.6. The van der Waals surface area contributed by atoms with Crippen molar-refractivity contribution in [3.8, 4) is 5.75 Å². The molecular formula is C15H19F3N2O. The van der Waals surface area contributed by atoms with Crippen LogP contribution in [0.3, 0.4) is 0 Å². The Morgan fingerprint density at radius 3 is 2.67 bits per heavy atom. The Morgan fingerprint density at radius 1 is 1.33 bits per heavy atom. The van der Waals surface area contributed by atoms with Gasteiger partial charge in [-0.1, -0.05) is 6.08 Å². The molecule has 0 aliphatic carbocycles. The molecule has 0 saturated carbocycles. The number of nitrogen functional groups attached to an aromatic ring is 1. The standard InChI is InChI=1S/C15H19F3N2O/c1-2-21-14-4-3-13(19)9-11(14)10-20-7-5-12(6-8-20)15(16,17)18/h3-5,9H,2,6-8,10,19H2,1H3. The lowest BCUT2D eigenvalue weighted by Gasteiger charge is -2.27. The molecule has 0 atom stereocenters. The Kier molecular flexibility index (Phi) is 4.77. The summed E-state index contributed by atoms with van der Waals surface area (Å²) < 4.78 is 43.3. The number of halogens is 3. The molecule has 0 fully saturated rings. The quantitative estimate of drug-likeness (QED) is 0.684. The monoisotopic (exact) mass is 300 g/mol. The van der Waals surface area contributed by atoms with Crippen molar-refractivity contribution in [1.82, 2.24) is 4.90 Å². The first-order chi connectivity index (χ1) is 9.90. The highest BCUT2D eigenvalue weighted by Gasteiger charge is 2.34. The summed E-state index contributed by atoms with van der Waals surface area (Å²) in [4.78, 5) is 1.95. The Labute approximate surface area is 122 Å². The van der Waals surface area contributed by atoms with E-state index in [9.17, 15) is 13.2 Å². The van der Waals surface area contributed by atoms with E-state index in [0.717, 1.165) is 11.3 Å². The Bertz CT molecular complexity index is 526. The molecular weight excluding hydrogens is 281 g/mol. The highest BCUT2D eigenvalue weighted by atomic mass is 19.4. The van der Waals surface area contributed by atoms with Crippen molar-refractivity contribution in [3.05, 3.63) is 35.4 Å². The maximum Gasteiger partial charge on any atom is 0.412 e. The Hall–Kier alpha value is -1.69. The van der Waals surface area contributed by atoms with Crippen LogP contribution in [-0.2, 0) is 6.54 Å². The zero-order valence-corrected chi connectivity index (χ0v) is 11.9. The van der Waals surface area contributed by atoms with Crippen LogP contribution < -0.4 is 10.5 Å². The van der Waals surface area contributed by atoms with Gasteiger partial charge < -0.3 is 10.5 Å². The molecule has 1 aliphatic rings. The minimum absolute atomic E-state index is 0.0236. The van der Waals surface area contributed by atoms with Crippen molar-refractivity contribution in [1.29, 1.82) is 0 Å². The van der Waals surface area contributed by atoms with Crippen LogP contribution in [0, 0.1) is 0 Å². The number of hydrogen-bond donors (Lipinski definition) is 1. The molecule has 116 valence electrons. The van der Waals surface area contributed by atoms with Gasteiger partial charge in [0, 0.05) is 36.5 Å². The number of nitrogens with two attached hydrogens (primary N) is 1. The lowest BCUT2D eigenvalue weighted by atomic mass is 10.1. The summed E-state index contributed by atoms with van der Waals surface area (Å²) in [5, 5.41) is 0.